The van der Waals surface area contributed by atoms with Crippen LogP contribution in [-0.4, -0.2) is 26.3 Å². The topological polar surface area (TPSA) is 88.9 Å². The first-order chi connectivity index (χ1) is 16.2. The molecular formula is C25H23N5O2S. The number of thioether (sulfide) groups is 1. The SMILES string of the molecule is O=C(CCn1ccnc1)Nc1cccc(C(=O)Nc2ccc(SCc3cccnc3)cc2)c1. The summed E-state index contributed by atoms with van der Waals surface area (Å²) in [6.07, 6.45) is 9.09. The first-order valence-electron chi connectivity index (χ1n) is 10.4. The molecule has 0 spiro atoms. The van der Waals surface area contributed by atoms with Crippen molar-refractivity contribution in [2.75, 3.05) is 10.6 Å². The molecule has 0 aliphatic heterocycles. The van der Waals surface area contributed by atoms with Crippen LogP contribution in [0.3, 0.4) is 0 Å². The van der Waals surface area contributed by atoms with Crippen molar-refractivity contribution in [2.45, 2.75) is 23.6 Å². The van der Waals surface area contributed by atoms with Crippen LogP contribution in [0.15, 0.2) is 96.7 Å². The molecule has 0 aliphatic carbocycles. The van der Waals surface area contributed by atoms with E-state index in [1.165, 1.54) is 0 Å². The lowest BCUT2D eigenvalue weighted by Crippen LogP contribution is -2.15. The minimum atomic E-state index is -0.236. The van der Waals surface area contributed by atoms with Crippen molar-refractivity contribution in [1.29, 1.82) is 0 Å². The van der Waals surface area contributed by atoms with Gasteiger partial charge in [-0.1, -0.05) is 12.1 Å². The fraction of sp³-hybridized carbons (Fsp3) is 0.120. The van der Waals surface area contributed by atoms with Gasteiger partial charge in [-0.3, -0.25) is 14.6 Å². The lowest BCUT2D eigenvalue weighted by atomic mass is 10.1. The third kappa shape index (κ3) is 6.78. The Morgan fingerprint density at radius 2 is 1.79 bits per heavy atom. The fourth-order valence-corrected chi connectivity index (χ4v) is 3.93. The van der Waals surface area contributed by atoms with Gasteiger partial charge in [-0.2, -0.15) is 0 Å². The van der Waals surface area contributed by atoms with Crippen molar-refractivity contribution >= 4 is 35.0 Å². The predicted molar refractivity (Wildman–Crippen MR) is 130 cm³/mol. The average molecular weight is 458 g/mol. The predicted octanol–water partition coefficient (Wildman–Crippen LogP) is 4.85. The highest BCUT2D eigenvalue weighted by Gasteiger charge is 2.09. The van der Waals surface area contributed by atoms with Crippen LogP contribution in [0.4, 0.5) is 11.4 Å². The molecule has 2 heterocycles. The van der Waals surface area contributed by atoms with Gasteiger partial charge < -0.3 is 15.2 Å². The van der Waals surface area contributed by atoms with Gasteiger partial charge in [-0.25, -0.2) is 4.98 Å². The molecule has 0 aliphatic rings. The highest BCUT2D eigenvalue weighted by atomic mass is 32.2. The van der Waals surface area contributed by atoms with Gasteiger partial charge in [-0.05, 0) is 54.1 Å². The molecule has 0 atom stereocenters. The molecule has 0 fully saturated rings. The van der Waals surface area contributed by atoms with E-state index in [0.29, 0.717) is 29.9 Å². The Morgan fingerprint density at radius 1 is 0.909 bits per heavy atom. The van der Waals surface area contributed by atoms with Gasteiger partial charge in [0.2, 0.25) is 5.91 Å². The second kappa shape index (κ2) is 11.1. The summed E-state index contributed by atoms with van der Waals surface area (Å²) in [6, 6.07) is 18.6. The van der Waals surface area contributed by atoms with Crippen LogP contribution in [0.25, 0.3) is 0 Å². The maximum atomic E-state index is 12.7. The second-order valence-electron chi connectivity index (χ2n) is 7.31. The summed E-state index contributed by atoms with van der Waals surface area (Å²) >= 11 is 1.71. The number of imidazole rings is 1. The Labute approximate surface area is 196 Å². The molecule has 33 heavy (non-hydrogen) atoms. The van der Waals surface area contributed by atoms with Crippen molar-refractivity contribution in [3.63, 3.8) is 0 Å². The second-order valence-corrected chi connectivity index (χ2v) is 8.36. The molecule has 2 amide bonds. The fourth-order valence-electron chi connectivity index (χ4n) is 3.10. The Hall–Kier alpha value is -3.91. The third-order valence-electron chi connectivity index (χ3n) is 4.81. The normalized spacial score (nSPS) is 10.5. The lowest BCUT2D eigenvalue weighted by molar-refractivity contribution is -0.116. The molecule has 0 saturated carbocycles. The van der Waals surface area contributed by atoms with Crippen LogP contribution in [0.2, 0.25) is 0 Å². The van der Waals surface area contributed by atoms with Crippen LogP contribution in [0, 0.1) is 0 Å². The van der Waals surface area contributed by atoms with Crippen molar-refractivity contribution in [3.8, 4) is 0 Å². The number of hydrogen-bond donors (Lipinski definition) is 2. The zero-order chi connectivity index (χ0) is 22.9. The first-order valence-corrected chi connectivity index (χ1v) is 11.4. The highest BCUT2D eigenvalue weighted by Crippen LogP contribution is 2.24. The number of pyridine rings is 1. The maximum Gasteiger partial charge on any atom is 0.255 e. The van der Waals surface area contributed by atoms with E-state index in [-0.39, 0.29) is 11.8 Å². The molecular weight excluding hydrogens is 434 g/mol. The van der Waals surface area contributed by atoms with Crippen LogP contribution in [0.1, 0.15) is 22.3 Å². The van der Waals surface area contributed by atoms with E-state index in [0.717, 1.165) is 16.2 Å². The van der Waals surface area contributed by atoms with Gasteiger partial charge in [0.15, 0.2) is 0 Å². The molecule has 2 aromatic heterocycles. The highest BCUT2D eigenvalue weighted by molar-refractivity contribution is 7.98. The molecule has 2 N–H and O–H groups in total. The van der Waals surface area contributed by atoms with Crippen molar-refractivity contribution in [2.24, 2.45) is 0 Å². The molecule has 2 aromatic carbocycles. The van der Waals surface area contributed by atoms with E-state index in [9.17, 15) is 9.59 Å². The summed E-state index contributed by atoms with van der Waals surface area (Å²) in [4.78, 5) is 34.1. The molecule has 7 nitrogen and oxygen atoms in total. The van der Waals surface area contributed by atoms with Gasteiger partial charge in [0, 0.05) is 65.3 Å². The van der Waals surface area contributed by atoms with Gasteiger partial charge in [-0.15, -0.1) is 11.8 Å². The minimum absolute atomic E-state index is 0.124. The maximum absolute atomic E-state index is 12.7. The van der Waals surface area contributed by atoms with E-state index in [2.05, 4.69) is 20.6 Å². The Balaban J connectivity index is 1.29. The van der Waals surface area contributed by atoms with Gasteiger partial charge in [0.05, 0.1) is 6.33 Å². The zero-order valence-corrected chi connectivity index (χ0v) is 18.7. The van der Waals surface area contributed by atoms with Crippen molar-refractivity contribution in [3.05, 3.63) is 103 Å². The number of benzene rings is 2. The summed E-state index contributed by atoms with van der Waals surface area (Å²) in [5.74, 6) is 0.473. The van der Waals surface area contributed by atoms with E-state index >= 15 is 0 Å². The van der Waals surface area contributed by atoms with Gasteiger partial charge in [0.1, 0.15) is 0 Å². The van der Waals surface area contributed by atoms with Crippen LogP contribution >= 0.6 is 11.8 Å². The largest absolute Gasteiger partial charge is 0.337 e. The van der Waals surface area contributed by atoms with Crippen molar-refractivity contribution in [1.82, 2.24) is 14.5 Å². The quantitative estimate of drug-likeness (QED) is 0.351. The molecule has 8 heteroatoms. The number of amides is 2. The summed E-state index contributed by atoms with van der Waals surface area (Å²) in [7, 11) is 0. The zero-order valence-electron chi connectivity index (χ0n) is 17.8. The van der Waals surface area contributed by atoms with Crippen LogP contribution in [-0.2, 0) is 17.1 Å². The number of aryl methyl sites for hydroxylation is 1. The summed E-state index contributed by atoms with van der Waals surface area (Å²) < 4.78 is 1.84. The standard InChI is InChI=1S/C25H23N5O2S/c31-24(10-13-30-14-12-27-18-30)28-22-5-1-4-20(15-22)25(32)29-21-6-8-23(9-7-21)33-17-19-3-2-11-26-16-19/h1-9,11-12,14-16,18H,10,13,17H2,(H,28,31)(H,29,32). The molecule has 0 saturated heterocycles. The number of nitrogens with one attached hydrogen (secondary N) is 2. The van der Waals surface area contributed by atoms with E-state index < -0.39 is 0 Å². The Bertz CT molecular complexity index is 1200. The van der Waals surface area contributed by atoms with E-state index in [1.807, 2.05) is 53.4 Å². The monoisotopic (exact) mass is 457 g/mol. The lowest BCUT2D eigenvalue weighted by Gasteiger charge is -2.09. The van der Waals surface area contributed by atoms with Crippen molar-refractivity contribution < 1.29 is 9.59 Å². The molecule has 0 unspecified atom stereocenters. The molecule has 4 rings (SSSR count). The molecule has 166 valence electrons. The van der Waals surface area contributed by atoms with Gasteiger partial charge in [0.25, 0.3) is 5.91 Å². The number of nitrogens with zero attached hydrogens (tertiary/aromatic N) is 3. The number of hydrogen-bond acceptors (Lipinski definition) is 5. The summed E-state index contributed by atoms with van der Waals surface area (Å²) in [5.41, 5.74) is 2.92. The molecule has 4 aromatic rings. The van der Waals surface area contributed by atoms with E-state index in [4.69, 9.17) is 0 Å². The Kier molecular flexibility index (Phi) is 7.50. The smallest absolute Gasteiger partial charge is 0.255 e. The molecule has 0 radical (unpaired) electrons. The Morgan fingerprint density at radius 3 is 2.55 bits per heavy atom. The number of carbonyl (C=O) groups is 2. The number of aromatic nitrogens is 3. The third-order valence-corrected chi connectivity index (χ3v) is 5.89. The summed E-state index contributed by atoms with van der Waals surface area (Å²) in [5, 5.41) is 5.74. The van der Waals surface area contributed by atoms with Gasteiger partial charge >= 0.3 is 0 Å². The van der Waals surface area contributed by atoms with E-state index in [1.54, 1.807) is 54.7 Å². The van der Waals surface area contributed by atoms with Crippen LogP contribution in [0.5, 0.6) is 0 Å². The first kappa shape index (κ1) is 22.3. The molecule has 0 bridgehead atoms. The number of anilines is 2. The van der Waals surface area contributed by atoms with Crippen LogP contribution < -0.4 is 10.6 Å². The average Bonchev–Trinajstić information content (AvgIpc) is 3.37. The number of rotatable bonds is 9. The minimum Gasteiger partial charge on any atom is -0.337 e. The number of carbonyl (C=O) groups excluding carboxylic acids is 2. The summed E-state index contributed by atoms with van der Waals surface area (Å²) in [6.45, 7) is 0.544.